The minimum Gasteiger partial charge on any atom is -0.480 e. The smallest absolute Gasteiger partial charge is 0.323 e. The fourth-order valence-corrected chi connectivity index (χ4v) is 2.93. The number of amides is 3. The summed E-state index contributed by atoms with van der Waals surface area (Å²) in [6, 6.07) is -0.515. The molecule has 3 heterocycles. The molecule has 0 aliphatic carbocycles. The quantitative estimate of drug-likeness (QED) is 0.578. The van der Waals surface area contributed by atoms with Gasteiger partial charge in [-0.05, 0) is 31.8 Å². The highest BCUT2D eigenvalue weighted by Crippen LogP contribution is 2.27. The Kier molecular flexibility index (Phi) is 4.43. The Bertz CT molecular complexity index is 390. The fourth-order valence-electron chi connectivity index (χ4n) is 2.93. The van der Waals surface area contributed by atoms with E-state index in [-0.39, 0.29) is 12.6 Å². The zero-order valence-electron chi connectivity index (χ0n) is 11.2. The van der Waals surface area contributed by atoms with Gasteiger partial charge in [0.25, 0.3) is 0 Å². The summed E-state index contributed by atoms with van der Waals surface area (Å²) in [6.45, 7) is 1.97. The number of fused-ring (bicyclic) bond motifs is 3. The highest BCUT2D eigenvalue weighted by atomic mass is 16.4. The van der Waals surface area contributed by atoms with E-state index in [1.807, 2.05) is 0 Å². The summed E-state index contributed by atoms with van der Waals surface area (Å²) in [6.07, 6.45) is 2.08. The molecule has 8 heteroatoms. The van der Waals surface area contributed by atoms with Crippen molar-refractivity contribution in [2.24, 2.45) is 11.7 Å². The van der Waals surface area contributed by atoms with Crippen LogP contribution in [0.25, 0.3) is 0 Å². The van der Waals surface area contributed by atoms with Crippen LogP contribution in [0.1, 0.15) is 12.8 Å². The van der Waals surface area contributed by atoms with Crippen molar-refractivity contribution in [3.8, 4) is 0 Å². The summed E-state index contributed by atoms with van der Waals surface area (Å²) in [5.74, 6) is -1.46. The van der Waals surface area contributed by atoms with Crippen LogP contribution in [-0.4, -0.2) is 71.6 Å². The molecule has 0 aromatic carbocycles. The van der Waals surface area contributed by atoms with Crippen molar-refractivity contribution in [3.63, 3.8) is 0 Å². The third kappa shape index (κ3) is 3.60. The molecule has 2 bridgehead atoms. The van der Waals surface area contributed by atoms with E-state index >= 15 is 0 Å². The molecule has 0 aromatic rings. The first kappa shape index (κ1) is 14.6. The number of aliphatic carboxylic acids is 1. The number of hydrogen-bond acceptors (Lipinski definition) is 4. The Hall–Kier alpha value is -1.83. The highest BCUT2D eigenvalue weighted by Gasteiger charge is 2.35. The molecule has 4 N–H and O–H groups in total. The van der Waals surface area contributed by atoms with Crippen LogP contribution in [0.3, 0.4) is 0 Å². The molecule has 0 aromatic heterocycles. The highest BCUT2D eigenvalue weighted by molar-refractivity contribution is 5.86. The van der Waals surface area contributed by atoms with Crippen LogP contribution in [0.15, 0.2) is 0 Å². The molecule has 0 spiro atoms. The maximum Gasteiger partial charge on any atom is 0.323 e. The molecule has 3 saturated heterocycles. The van der Waals surface area contributed by atoms with E-state index in [2.05, 4.69) is 10.2 Å². The second-order valence-corrected chi connectivity index (χ2v) is 5.41. The van der Waals surface area contributed by atoms with Gasteiger partial charge in [0.1, 0.15) is 13.1 Å². The lowest BCUT2D eigenvalue weighted by atomic mass is 9.84. The van der Waals surface area contributed by atoms with E-state index < -0.39 is 24.5 Å². The largest absolute Gasteiger partial charge is 0.480 e. The number of primary amides is 1. The number of carboxylic acids is 1. The Morgan fingerprint density at radius 2 is 1.90 bits per heavy atom. The van der Waals surface area contributed by atoms with Crippen LogP contribution in [0.2, 0.25) is 0 Å². The van der Waals surface area contributed by atoms with Crippen molar-refractivity contribution in [3.05, 3.63) is 0 Å². The number of carboxylic acid groups (broad SMARTS) is 1. The van der Waals surface area contributed by atoms with E-state index in [4.69, 9.17) is 10.8 Å². The molecule has 8 nitrogen and oxygen atoms in total. The van der Waals surface area contributed by atoms with Gasteiger partial charge in [0, 0.05) is 12.6 Å². The lowest BCUT2D eigenvalue weighted by Gasteiger charge is -2.45. The predicted molar refractivity (Wildman–Crippen MR) is 69.9 cm³/mol. The van der Waals surface area contributed by atoms with Gasteiger partial charge in [-0.1, -0.05) is 0 Å². The maximum absolute atomic E-state index is 12.1. The lowest BCUT2D eigenvalue weighted by Crippen LogP contribution is -2.59. The average Bonchev–Trinajstić information content (AvgIpc) is 2.38. The number of piperidine rings is 3. The number of nitrogens with one attached hydrogen (secondary N) is 1. The summed E-state index contributed by atoms with van der Waals surface area (Å²) in [4.78, 5) is 36.9. The minimum absolute atomic E-state index is 0.0224. The minimum atomic E-state index is -1.17. The van der Waals surface area contributed by atoms with Crippen molar-refractivity contribution >= 4 is 17.9 Å². The van der Waals surface area contributed by atoms with Gasteiger partial charge < -0.3 is 26.0 Å². The van der Waals surface area contributed by atoms with Crippen LogP contribution in [0.4, 0.5) is 4.79 Å². The Balaban J connectivity index is 1.93. The van der Waals surface area contributed by atoms with Gasteiger partial charge in [-0.3, -0.25) is 9.59 Å². The SMILES string of the molecule is NC(=O)CN(CC(=O)O)C(=O)NC1CN2CCC1CC2. The average molecular weight is 284 g/mol. The Morgan fingerprint density at radius 3 is 2.35 bits per heavy atom. The molecular formula is C12H20N4O4. The molecule has 3 aliphatic heterocycles. The van der Waals surface area contributed by atoms with E-state index in [9.17, 15) is 14.4 Å². The zero-order valence-corrected chi connectivity index (χ0v) is 11.2. The van der Waals surface area contributed by atoms with Crippen LogP contribution >= 0.6 is 0 Å². The van der Waals surface area contributed by atoms with Gasteiger partial charge in [0.15, 0.2) is 0 Å². The van der Waals surface area contributed by atoms with Gasteiger partial charge >= 0.3 is 12.0 Å². The van der Waals surface area contributed by atoms with Crippen molar-refractivity contribution in [2.75, 3.05) is 32.7 Å². The monoisotopic (exact) mass is 284 g/mol. The molecule has 3 rings (SSSR count). The molecular weight excluding hydrogens is 264 g/mol. The third-order valence-corrected chi connectivity index (χ3v) is 3.93. The van der Waals surface area contributed by atoms with Gasteiger partial charge in [-0.2, -0.15) is 0 Å². The number of nitrogens with two attached hydrogens (primary N) is 1. The summed E-state index contributed by atoms with van der Waals surface area (Å²) in [7, 11) is 0. The third-order valence-electron chi connectivity index (χ3n) is 3.93. The number of carbonyl (C=O) groups excluding carboxylic acids is 2. The van der Waals surface area contributed by atoms with E-state index in [0.29, 0.717) is 5.92 Å². The zero-order chi connectivity index (χ0) is 14.7. The van der Waals surface area contributed by atoms with Crippen LogP contribution in [-0.2, 0) is 9.59 Å². The van der Waals surface area contributed by atoms with Gasteiger partial charge in [-0.15, -0.1) is 0 Å². The number of rotatable bonds is 5. The maximum atomic E-state index is 12.1. The van der Waals surface area contributed by atoms with Crippen LogP contribution < -0.4 is 11.1 Å². The molecule has 20 heavy (non-hydrogen) atoms. The van der Waals surface area contributed by atoms with E-state index in [1.165, 1.54) is 0 Å². The summed E-state index contributed by atoms with van der Waals surface area (Å²) in [5, 5.41) is 11.6. The first-order chi connectivity index (χ1) is 9.45. The number of hydrogen-bond donors (Lipinski definition) is 3. The lowest BCUT2D eigenvalue weighted by molar-refractivity contribution is -0.137. The van der Waals surface area contributed by atoms with Crippen LogP contribution in [0, 0.1) is 5.92 Å². The molecule has 112 valence electrons. The number of urea groups is 1. The van der Waals surface area contributed by atoms with E-state index in [0.717, 1.165) is 37.4 Å². The van der Waals surface area contributed by atoms with Crippen LogP contribution in [0.5, 0.6) is 0 Å². The molecule has 0 saturated carbocycles. The van der Waals surface area contributed by atoms with Crippen molar-refractivity contribution in [1.29, 1.82) is 0 Å². The summed E-state index contributed by atoms with van der Waals surface area (Å²) in [5.41, 5.74) is 5.04. The summed E-state index contributed by atoms with van der Waals surface area (Å²) < 4.78 is 0. The van der Waals surface area contributed by atoms with Gasteiger partial charge in [-0.25, -0.2) is 4.79 Å². The second kappa shape index (κ2) is 6.08. The van der Waals surface area contributed by atoms with Gasteiger partial charge in [0.2, 0.25) is 5.91 Å². The van der Waals surface area contributed by atoms with Crippen molar-refractivity contribution in [2.45, 2.75) is 18.9 Å². The van der Waals surface area contributed by atoms with Crippen molar-refractivity contribution < 1.29 is 19.5 Å². The van der Waals surface area contributed by atoms with Gasteiger partial charge in [0.05, 0.1) is 0 Å². The molecule has 1 atom stereocenters. The number of nitrogens with zero attached hydrogens (tertiary/aromatic N) is 2. The first-order valence-electron chi connectivity index (χ1n) is 6.73. The topological polar surface area (TPSA) is 116 Å². The molecule has 1 unspecified atom stereocenters. The Morgan fingerprint density at radius 1 is 1.25 bits per heavy atom. The molecule has 0 radical (unpaired) electrons. The van der Waals surface area contributed by atoms with Crippen molar-refractivity contribution in [1.82, 2.24) is 15.1 Å². The normalized spacial score (nSPS) is 27.9. The first-order valence-corrected chi connectivity index (χ1v) is 6.73. The standard InChI is InChI=1S/C12H20N4O4/c13-10(17)6-16(7-11(18)19)12(20)14-9-5-15-3-1-8(9)2-4-15/h8-9H,1-7H2,(H2,13,17)(H,14,20)(H,18,19). The predicted octanol–water partition coefficient (Wildman–Crippen LogP) is -1.34. The Labute approximate surface area is 116 Å². The summed E-state index contributed by atoms with van der Waals surface area (Å²) >= 11 is 0. The second-order valence-electron chi connectivity index (χ2n) is 5.41. The molecule has 3 fully saturated rings. The molecule has 3 amide bonds. The van der Waals surface area contributed by atoms with E-state index in [1.54, 1.807) is 0 Å². The molecule has 3 aliphatic rings. The number of carbonyl (C=O) groups is 3. The fraction of sp³-hybridized carbons (Fsp3) is 0.750.